The summed E-state index contributed by atoms with van der Waals surface area (Å²) >= 11 is 0. The van der Waals surface area contributed by atoms with Crippen molar-refractivity contribution in [2.75, 3.05) is 0 Å². The van der Waals surface area contributed by atoms with Gasteiger partial charge in [0.1, 0.15) is 0 Å². The Morgan fingerprint density at radius 3 is 2.50 bits per heavy atom. The van der Waals surface area contributed by atoms with Gasteiger partial charge in [0.2, 0.25) is 0 Å². The Hall–Kier alpha value is -0.187. The van der Waals surface area contributed by atoms with Crippen LogP contribution in [-0.2, 0) is 19.5 Å². The summed E-state index contributed by atoms with van der Waals surface area (Å²) in [6.07, 6.45) is 0. The first kappa shape index (κ1) is 12.5. The first-order valence-electron chi connectivity index (χ1n) is 2.29. The second-order valence-electron chi connectivity index (χ2n) is 1.40. The van der Waals surface area contributed by atoms with E-state index in [0.29, 0.717) is 5.56 Å². The summed E-state index contributed by atoms with van der Waals surface area (Å²) in [6, 6.07) is 11.7. The van der Waals surface area contributed by atoms with Crippen LogP contribution in [0.25, 0.3) is 0 Å². The van der Waals surface area contributed by atoms with Crippen LogP contribution >= 0.6 is 17.0 Å². The molecule has 0 fully saturated rings. The maximum atomic E-state index is 8.27. The van der Waals surface area contributed by atoms with Gasteiger partial charge in [0.05, 0.1) is 0 Å². The standard InChI is InChI=1S/C7H4N.BrH.Zn/c8-6-7-4-2-1-3-5-7;;/h1-2,4-5H;1H;/q-1;;. The molecule has 0 N–H and O–H groups in total. The van der Waals surface area contributed by atoms with Crippen molar-refractivity contribution in [3.63, 3.8) is 0 Å². The molecule has 1 aromatic rings. The van der Waals surface area contributed by atoms with Crippen LogP contribution in [0, 0.1) is 17.4 Å². The minimum atomic E-state index is 0. The van der Waals surface area contributed by atoms with Crippen molar-refractivity contribution >= 4 is 17.0 Å². The number of nitriles is 1. The maximum absolute atomic E-state index is 8.27. The Morgan fingerprint density at radius 2 is 2.20 bits per heavy atom. The molecule has 0 aliphatic heterocycles. The first-order valence-corrected chi connectivity index (χ1v) is 2.29. The van der Waals surface area contributed by atoms with Crippen molar-refractivity contribution in [1.29, 1.82) is 5.26 Å². The molecule has 0 spiro atoms. The normalized spacial score (nSPS) is 6.30. The van der Waals surface area contributed by atoms with E-state index in [1.54, 1.807) is 24.3 Å². The topological polar surface area (TPSA) is 23.8 Å². The summed E-state index contributed by atoms with van der Waals surface area (Å²) in [5.41, 5.74) is 0.660. The van der Waals surface area contributed by atoms with Crippen LogP contribution in [0.4, 0.5) is 0 Å². The van der Waals surface area contributed by atoms with E-state index in [2.05, 4.69) is 6.07 Å². The van der Waals surface area contributed by atoms with E-state index in [0.717, 1.165) is 0 Å². The summed E-state index contributed by atoms with van der Waals surface area (Å²) in [5, 5.41) is 8.27. The van der Waals surface area contributed by atoms with Gasteiger partial charge in [0, 0.05) is 25.5 Å². The minimum absolute atomic E-state index is 0. The zero-order chi connectivity index (χ0) is 5.82. The zero-order valence-electron chi connectivity index (χ0n) is 5.37. The fourth-order valence-corrected chi connectivity index (χ4v) is 0.463. The zero-order valence-corrected chi connectivity index (χ0v) is 10.1. The van der Waals surface area contributed by atoms with E-state index in [1.807, 2.05) is 6.07 Å². The summed E-state index contributed by atoms with van der Waals surface area (Å²) in [7, 11) is 0. The van der Waals surface area contributed by atoms with Gasteiger partial charge in [-0.15, -0.1) is 17.0 Å². The van der Waals surface area contributed by atoms with E-state index in [1.165, 1.54) is 0 Å². The molecular weight excluding hydrogens is 243 g/mol. The Labute approximate surface area is 83.6 Å². The molecule has 1 rings (SSSR count). The molecular formula is C7H5BrNZn-. The monoisotopic (exact) mass is 246 g/mol. The molecule has 1 aromatic carbocycles. The van der Waals surface area contributed by atoms with Gasteiger partial charge in [0.25, 0.3) is 0 Å². The SMILES string of the molecule is Br.N#Cc1c[c-]ccc1.[Zn]. The van der Waals surface area contributed by atoms with Gasteiger partial charge >= 0.3 is 0 Å². The van der Waals surface area contributed by atoms with Gasteiger partial charge in [-0.25, -0.2) is 5.26 Å². The molecule has 0 heterocycles. The third-order valence-electron chi connectivity index (χ3n) is 0.836. The molecule has 0 saturated carbocycles. The minimum Gasteiger partial charge on any atom is -0.208 e. The third-order valence-corrected chi connectivity index (χ3v) is 0.836. The summed E-state index contributed by atoms with van der Waals surface area (Å²) in [5.74, 6) is 0. The largest absolute Gasteiger partial charge is 0.208 e. The van der Waals surface area contributed by atoms with Crippen molar-refractivity contribution in [3.05, 3.63) is 35.9 Å². The second-order valence-corrected chi connectivity index (χ2v) is 1.40. The van der Waals surface area contributed by atoms with Crippen molar-refractivity contribution in [3.8, 4) is 6.07 Å². The molecule has 0 atom stereocenters. The Morgan fingerprint density at radius 1 is 1.50 bits per heavy atom. The van der Waals surface area contributed by atoms with Crippen molar-refractivity contribution in [1.82, 2.24) is 0 Å². The van der Waals surface area contributed by atoms with Crippen LogP contribution in [0.5, 0.6) is 0 Å². The van der Waals surface area contributed by atoms with E-state index in [9.17, 15) is 0 Å². The van der Waals surface area contributed by atoms with Gasteiger partial charge in [-0.3, -0.25) is 0 Å². The average molecular weight is 248 g/mol. The number of hydrogen-bond acceptors (Lipinski definition) is 1. The molecule has 0 radical (unpaired) electrons. The molecule has 0 aliphatic rings. The van der Waals surface area contributed by atoms with Crippen LogP contribution in [0.1, 0.15) is 5.56 Å². The molecule has 1 nitrogen and oxygen atoms in total. The molecule has 0 amide bonds. The molecule has 0 unspecified atom stereocenters. The number of hydrogen-bond donors (Lipinski definition) is 0. The predicted molar refractivity (Wildman–Crippen MR) is 40.3 cm³/mol. The number of benzene rings is 1. The van der Waals surface area contributed by atoms with E-state index < -0.39 is 0 Å². The fourth-order valence-electron chi connectivity index (χ4n) is 0.463. The molecule has 0 saturated heterocycles. The smallest absolute Gasteiger partial charge is 0.0307 e. The Balaban J connectivity index is 0. The maximum Gasteiger partial charge on any atom is 0.0307 e. The fraction of sp³-hybridized carbons (Fsp3) is 0. The van der Waals surface area contributed by atoms with Crippen molar-refractivity contribution in [2.24, 2.45) is 0 Å². The number of nitrogens with zero attached hydrogens (tertiary/aromatic N) is 1. The molecule has 0 bridgehead atoms. The summed E-state index contributed by atoms with van der Waals surface area (Å²) in [6.45, 7) is 0. The number of halogens is 1. The van der Waals surface area contributed by atoms with E-state index in [4.69, 9.17) is 5.26 Å². The van der Waals surface area contributed by atoms with Gasteiger partial charge < -0.3 is 0 Å². The molecule has 3 heteroatoms. The Bertz CT molecular complexity index is 205. The van der Waals surface area contributed by atoms with Gasteiger partial charge in [0.15, 0.2) is 0 Å². The van der Waals surface area contributed by atoms with E-state index >= 15 is 0 Å². The molecule has 48 valence electrons. The Kier molecular flexibility index (Phi) is 8.65. The second kappa shape index (κ2) is 6.93. The molecule has 0 aromatic heterocycles. The summed E-state index contributed by atoms with van der Waals surface area (Å²) in [4.78, 5) is 0. The van der Waals surface area contributed by atoms with Crippen molar-refractivity contribution < 1.29 is 19.5 Å². The quantitative estimate of drug-likeness (QED) is 0.508. The summed E-state index contributed by atoms with van der Waals surface area (Å²) < 4.78 is 0. The van der Waals surface area contributed by atoms with Crippen LogP contribution in [0.2, 0.25) is 0 Å². The van der Waals surface area contributed by atoms with Gasteiger partial charge in [-0.1, -0.05) is 5.56 Å². The van der Waals surface area contributed by atoms with Crippen molar-refractivity contribution in [2.45, 2.75) is 0 Å². The molecule has 10 heavy (non-hydrogen) atoms. The van der Waals surface area contributed by atoms with Crippen LogP contribution in [-0.4, -0.2) is 0 Å². The van der Waals surface area contributed by atoms with Gasteiger partial charge in [-0.05, 0) is 0 Å². The van der Waals surface area contributed by atoms with Crippen LogP contribution in [0.3, 0.4) is 0 Å². The van der Waals surface area contributed by atoms with Crippen LogP contribution < -0.4 is 0 Å². The van der Waals surface area contributed by atoms with E-state index in [-0.39, 0.29) is 36.5 Å². The molecule has 0 aliphatic carbocycles. The first-order chi connectivity index (χ1) is 3.93. The third kappa shape index (κ3) is 3.77. The number of rotatable bonds is 0. The predicted octanol–water partition coefficient (Wildman–Crippen LogP) is 1.93. The average Bonchev–Trinajstić information content (AvgIpc) is 1.90. The van der Waals surface area contributed by atoms with Crippen LogP contribution in [0.15, 0.2) is 24.3 Å². The van der Waals surface area contributed by atoms with Gasteiger partial charge in [-0.2, -0.15) is 30.3 Å².